The summed E-state index contributed by atoms with van der Waals surface area (Å²) in [6.45, 7) is 3.18. The molecule has 0 aliphatic carbocycles. The molecule has 4 amide bonds. The Bertz CT molecular complexity index is 794. The van der Waals surface area contributed by atoms with Crippen LogP contribution >= 0.6 is 0 Å². The highest BCUT2D eigenvalue weighted by Crippen LogP contribution is 2.05. The van der Waals surface area contributed by atoms with Crippen molar-refractivity contribution in [3.8, 4) is 0 Å². The van der Waals surface area contributed by atoms with Gasteiger partial charge in [-0.05, 0) is 44.9 Å². The molecule has 0 rings (SSSR count). The molecule has 7 N–H and O–H groups in total. The Morgan fingerprint density at radius 3 is 1.59 bits per heavy atom. The first-order valence-corrected chi connectivity index (χ1v) is 14.3. The van der Waals surface area contributed by atoms with Gasteiger partial charge in [-0.2, -0.15) is 0 Å². The van der Waals surface area contributed by atoms with E-state index in [1.165, 1.54) is 0 Å². The second-order valence-corrected chi connectivity index (χ2v) is 9.61. The molecule has 236 valence electrons. The summed E-state index contributed by atoms with van der Waals surface area (Å²) in [4.78, 5) is 67.8. The average molecular weight is 589 g/mol. The van der Waals surface area contributed by atoms with Crippen LogP contribution in [-0.4, -0.2) is 91.3 Å². The van der Waals surface area contributed by atoms with E-state index in [0.29, 0.717) is 58.8 Å². The molecule has 0 aromatic rings. The zero-order chi connectivity index (χ0) is 30.7. The average Bonchev–Trinajstić information content (AvgIpc) is 2.91. The lowest BCUT2D eigenvalue weighted by atomic mass is 10.1. The maximum atomic E-state index is 11.9. The maximum Gasteiger partial charge on any atom is 0.326 e. The Labute approximate surface area is 241 Å². The van der Waals surface area contributed by atoms with Gasteiger partial charge in [0.15, 0.2) is 0 Å². The summed E-state index contributed by atoms with van der Waals surface area (Å²) in [5.74, 6) is -3.63. The van der Waals surface area contributed by atoms with E-state index in [4.69, 9.17) is 25.4 Å². The Morgan fingerprint density at radius 2 is 1.07 bits per heavy atom. The van der Waals surface area contributed by atoms with Crippen LogP contribution in [0.2, 0.25) is 0 Å². The molecule has 0 aromatic carbocycles. The van der Waals surface area contributed by atoms with Gasteiger partial charge >= 0.3 is 11.9 Å². The first kappa shape index (κ1) is 37.7. The van der Waals surface area contributed by atoms with Crippen molar-refractivity contribution in [1.82, 2.24) is 16.0 Å². The van der Waals surface area contributed by atoms with Crippen molar-refractivity contribution in [2.75, 3.05) is 39.5 Å². The summed E-state index contributed by atoms with van der Waals surface area (Å²) in [6, 6.07) is -1.23. The monoisotopic (exact) mass is 588 g/mol. The molecular formula is C27H48N4O10. The Kier molecular flexibility index (Phi) is 23.6. The van der Waals surface area contributed by atoms with Crippen LogP contribution in [-0.2, 0) is 38.2 Å². The smallest absolute Gasteiger partial charge is 0.326 e. The molecule has 0 saturated carbocycles. The van der Waals surface area contributed by atoms with Crippen molar-refractivity contribution in [2.45, 2.75) is 95.9 Å². The summed E-state index contributed by atoms with van der Waals surface area (Å²) >= 11 is 0. The van der Waals surface area contributed by atoms with Gasteiger partial charge in [-0.3, -0.25) is 24.0 Å². The number of amides is 4. The van der Waals surface area contributed by atoms with E-state index >= 15 is 0 Å². The van der Waals surface area contributed by atoms with Crippen molar-refractivity contribution in [2.24, 2.45) is 5.73 Å². The molecule has 0 aliphatic rings. The molecule has 0 unspecified atom stereocenters. The summed E-state index contributed by atoms with van der Waals surface area (Å²) in [7, 11) is 0. The first-order chi connectivity index (χ1) is 19.6. The minimum Gasteiger partial charge on any atom is -0.481 e. The molecule has 14 nitrogen and oxygen atoms in total. The lowest BCUT2D eigenvalue weighted by Gasteiger charge is -2.13. The van der Waals surface area contributed by atoms with Gasteiger partial charge < -0.3 is 41.4 Å². The van der Waals surface area contributed by atoms with Crippen LogP contribution in [0.3, 0.4) is 0 Å². The highest BCUT2D eigenvalue weighted by molar-refractivity contribution is 5.87. The number of unbranched alkanes of at least 4 members (excludes halogenated alkanes) is 4. The number of nitrogens with two attached hydrogens (primary N) is 1. The van der Waals surface area contributed by atoms with Crippen LogP contribution < -0.4 is 21.7 Å². The summed E-state index contributed by atoms with van der Waals surface area (Å²) < 4.78 is 11.1. The lowest BCUT2D eigenvalue weighted by Crippen LogP contribution is -2.41. The Morgan fingerprint density at radius 1 is 0.585 bits per heavy atom. The molecule has 41 heavy (non-hydrogen) atoms. The third-order valence-corrected chi connectivity index (χ3v) is 5.84. The number of carbonyl (C=O) groups excluding carboxylic acids is 4. The highest BCUT2D eigenvalue weighted by Gasteiger charge is 2.20. The van der Waals surface area contributed by atoms with E-state index in [1.807, 2.05) is 0 Å². The van der Waals surface area contributed by atoms with E-state index in [0.717, 1.165) is 38.5 Å². The second kappa shape index (κ2) is 25.7. The zero-order valence-electron chi connectivity index (χ0n) is 24.0. The van der Waals surface area contributed by atoms with Crippen molar-refractivity contribution in [3.63, 3.8) is 0 Å². The van der Waals surface area contributed by atoms with Gasteiger partial charge in [0.25, 0.3) is 0 Å². The summed E-state index contributed by atoms with van der Waals surface area (Å²) in [6.07, 6.45) is 6.21. The standard InChI is InChI=1S/C27H48N4O10/c28-22(32)12-11-21(27(38)39)31-25(35)14-13-24(34)30-16-8-20-41-18-6-5-17-40-19-7-15-29-23(33)9-3-1-2-4-10-26(36)37/h21H,1-20H2,(H2,28,32)(H,29,33)(H,30,34)(H,31,35)(H,36,37)(H,38,39)/t21-/m0/s1. The Hall–Kier alpha value is -3.26. The fourth-order valence-electron chi connectivity index (χ4n) is 3.55. The number of hydrogen-bond acceptors (Lipinski definition) is 8. The zero-order valence-corrected chi connectivity index (χ0v) is 24.0. The van der Waals surface area contributed by atoms with Crippen LogP contribution in [0.15, 0.2) is 0 Å². The third kappa shape index (κ3) is 26.7. The number of primary amides is 1. The molecule has 0 spiro atoms. The van der Waals surface area contributed by atoms with E-state index in [-0.39, 0.29) is 43.9 Å². The minimum absolute atomic E-state index is 0.00760. The second-order valence-electron chi connectivity index (χ2n) is 9.61. The molecule has 1 atom stereocenters. The minimum atomic E-state index is -1.27. The number of ether oxygens (including phenoxy) is 2. The van der Waals surface area contributed by atoms with Crippen molar-refractivity contribution < 1.29 is 48.5 Å². The van der Waals surface area contributed by atoms with Gasteiger partial charge in [0.2, 0.25) is 23.6 Å². The molecule has 0 fully saturated rings. The largest absolute Gasteiger partial charge is 0.481 e. The van der Waals surface area contributed by atoms with E-state index in [1.54, 1.807) is 0 Å². The van der Waals surface area contributed by atoms with Crippen LogP contribution in [0.5, 0.6) is 0 Å². The van der Waals surface area contributed by atoms with Crippen molar-refractivity contribution in [3.05, 3.63) is 0 Å². The fourth-order valence-corrected chi connectivity index (χ4v) is 3.55. The molecule has 14 heteroatoms. The molecule has 0 radical (unpaired) electrons. The van der Waals surface area contributed by atoms with Crippen LogP contribution in [0, 0.1) is 0 Å². The maximum absolute atomic E-state index is 11.9. The van der Waals surface area contributed by atoms with Gasteiger partial charge in [0.1, 0.15) is 6.04 Å². The molecule has 0 heterocycles. The molecule has 0 aliphatic heterocycles. The first-order valence-electron chi connectivity index (χ1n) is 14.3. The van der Waals surface area contributed by atoms with E-state index in [9.17, 15) is 28.8 Å². The molecule has 0 saturated heterocycles. The van der Waals surface area contributed by atoms with Gasteiger partial charge in [-0.1, -0.05) is 12.8 Å². The fraction of sp³-hybridized carbons (Fsp3) is 0.778. The van der Waals surface area contributed by atoms with Gasteiger partial charge in [-0.25, -0.2) is 4.79 Å². The number of carboxylic acids is 2. The molecular weight excluding hydrogens is 540 g/mol. The Balaban J connectivity index is 3.50. The number of rotatable bonds is 28. The van der Waals surface area contributed by atoms with Crippen LogP contribution in [0.4, 0.5) is 0 Å². The van der Waals surface area contributed by atoms with E-state index < -0.39 is 29.8 Å². The normalized spacial score (nSPS) is 11.4. The summed E-state index contributed by atoms with van der Waals surface area (Å²) in [5, 5.41) is 25.5. The van der Waals surface area contributed by atoms with Crippen LogP contribution in [0.1, 0.15) is 89.9 Å². The van der Waals surface area contributed by atoms with Gasteiger partial charge in [0, 0.05) is 71.6 Å². The quantitative estimate of drug-likeness (QED) is 0.0707. The summed E-state index contributed by atoms with van der Waals surface area (Å²) in [5.41, 5.74) is 4.99. The van der Waals surface area contributed by atoms with Crippen molar-refractivity contribution >= 4 is 35.6 Å². The number of aliphatic carboxylic acids is 2. The van der Waals surface area contributed by atoms with Gasteiger partial charge in [-0.15, -0.1) is 0 Å². The number of carbonyl (C=O) groups is 6. The van der Waals surface area contributed by atoms with Crippen molar-refractivity contribution in [1.29, 1.82) is 0 Å². The topological polar surface area (TPSA) is 223 Å². The predicted molar refractivity (Wildman–Crippen MR) is 149 cm³/mol. The highest BCUT2D eigenvalue weighted by atomic mass is 16.5. The molecule has 0 aromatic heterocycles. The third-order valence-electron chi connectivity index (χ3n) is 5.84. The lowest BCUT2D eigenvalue weighted by molar-refractivity contribution is -0.142. The number of carboxylic acid groups (broad SMARTS) is 2. The number of nitrogens with one attached hydrogen (secondary N) is 3. The predicted octanol–water partition coefficient (Wildman–Crippen LogP) is 0.853. The van der Waals surface area contributed by atoms with Gasteiger partial charge in [0.05, 0.1) is 0 Å². The van der Waals surface area contributed by atoms with E-state index in [2.05, 4.69) is 16.0 Å². The SMILES string of the molecule is NC(=O)CC[C@H](NC(=O)CCC(=O)NCCCOCCCCOCCCNC(=O)CCCCCCC(=O)O)C(=O)O. The molecule has 0 bridgehead atoms. The van der Waals surface area contributed by atoms with Crippen LogP contribution in [0.25, 0.3) is 0 Å². The number of hydrogen-bond donors (Lipinski definition) is 6.